The molecule has 116 valence electrons. The number of carbonyl (C=O) groups is 1. The third-order valence-electron chi connectivity index (χ3n) is 4.31. The lowest BCUT2D eigenvalue weighted by Crippen LogP contribution is -2.54. The summed E-state index contributed by atoms with van der Waals surface area (Å²) in [5.74, 6) is 0.332. The largest absolute Gasteiger partial charge is 0.380 e. The fourth-order valence-corrected chi connectivity index (χ4v) is 4.57. The Morgan fingerprint density at radius 1 is 1.50 bits per heavy atom. The predicted molar refractivity (Wildman–Crippen MR) is 82.6 cm³/mol. The van der Waals surface area contributed by atoms with E-state index in [2.05, 4.69) is 9.97 Å². The van der Waals surface area contributed by atoms with Gasteiger partial charge in [-0.15, -0.1) is 0 Å². The van der Waals surface area contributed by atoms with Crippen molar-refractivity contribution in [2.45, 2.75) is 17.7 Å². The van der Waals surface area contributed by atoms with Gasteiger partial charge >= 0.3 is 0 Å². The Balaban J connectivity index is 1.71. The fraction of sp³-hybridized carbons (Fsp3) is 0.467. The van der Waals surface area contributed by atoms with E-state index in [1.807, 2.05) is 16.7 Å². The van der Waals surface area contributed by atoms with Crippen LogP contribution in [-0.2, 0) is 4.74 Å². The maximum atomic E-state index is 13.8. The Kier molecular flexibility index (Phi) is 3.54. The highest BCUT2D eigenvalue weighted by Crippen LogP contribution is 2.32. The van der Waals surface area contributed by atoms with Gasteiger partial charge in [0.2, 0.25) is 0 Å². The van der Waals surface area contributed by atoms with Crippen molar-refractivity contribution in [1.82, 2.24) is 14.9 Å². The maximum Gasteiger partial charge on any atom is 0.256 e. The smallest absolute Gasteiger partial charge is 0.256 e. The van der Waals surface area contributed by atoms with Crippen molar-refractivity contribution in [2.24, 2.45) is 0 Å². The number of aromatic amines is 1. The molecule has 2 aliphatic heterocycles. The molecule has 2 aromatic rings. The summed E-state index contributed by atoms with van der Waals surface area (Å²) in [6.45, 7) is 2.04. The molecule has 2 fully saturated rings. The fourth-order valence-electron chi connectivity index (χ4n) is 3.27. The van der Waals surface area contributed by atoms with Crippen LogP contribution in [-0.4, -0.2) is 57.6 Å². The number of amides is 1. The third-order valence-corrected chi connectivity index (χ3v) is 5.61. The molecule has 0 unspecified atom stereocenters. The number of carbonyl (C=O) groups excluding carboxylic acids is 1. The van der Waals surface area contributed by atoms with Gasteiger partial charge in [-0.05, 0) is 18.6 Å². The number of rotatable bonds is 1. The average Bonchev–Trinajstić information content (AvgIpc) is 3.01. The number of fused-ring (bicyclic) bond motifs is 2. The third kappa shape index (κ3) is 2.28. The molecule has 0 saturated carbocycles. The number of benzene rings is 1. The average molecular weight is 321 g/mol. The van der Waals surface area contributed by atoms with E-state index in [0.717, 1.165) is 12.2 Å². The molecule has 1 aromatic heterocycles. The second-order valence-electron chi connectivity index (χ2n) is 5.59. The Labute approximate surface area is 131 Å². The highest BCUT2D eigenvalue weighted by Gasteiger charge is 2.37. The van der Waals surface area contributed by atoms with Gasteiger partial charge in [0, 0.05) is 30.2 Å². The van der Waals surface area contributed by atoms with Gasteiger partial charge in [0.05, 0.1) is 24.0 Å². The molecule has 2 atom stereocenters. The van der Waals surface area contributed by atoms with Crippen LogP contribution in [0.4, 0.5) is 4.39 Å². The van der Waals surface area contributed by atoms with Crippen molar-refractivity contribution in [3.05, 3.63) is 29.8 Å². The molecule has 2 saturated heterocycles. The minimum atomic E-state index is -0.421. The predicted octanol–water partition coefficient (Wildman–Crippen LogP) is 2.05. The number of imidazole rings is 1. The van der Waals surface area contributed by atoms with Crippen molar-refractivity contribution in [3.8, 4) is 0 Å². The monoisotopic (exact) mass is 321 g/mol. The molecule has 22 heavy (non-hydrogen) atoms. The van der Waals surface area contributed by atoms with E-state index in [1.54, 1.807) is 0 Å². The Hall–Kier alpha value is -1.60. The highest BCUT2D eigenvalue weighted by atomic mass is 32.2. The number of hydrogen-bond donors (Lipinski definition) is 1. The second-order valence-corrected chi connectivity index (χ2v) is 6.94. The first kappa shape index (κ1) is 14.0. The van der Waals surface area contributed by atoms with Gasteiger partial charge in [-0.1, -0.05) is 0 Å². The van der Waals surface area contributed by atoms with E-state index < -0.39 is 5.82 Å². The normalized spacial score (nSPS) is 25.2. The minimum absolute atomic E-state index is 0.131. The lowest BCUT2D eigenvalue weighted by molar-refractivity contribution is 0.0320. The molecule has 2 aliphatic rings. The van der Waals surface area contributed by atoms with E-state index in [0.29, 0.717) is 41.6 Å². The first-order valence-electron chi connectivity index (χ1n) is 7.37. The molecule has 0 aliphatic carbocycles. The summed E-state index contributed by atoms with van der Waals surface area (Å²) >= 11 is 1.86. The number of nitrogens with zero attached hydrogens (tertiary/aromatic N) is 2. The molecular formula is C15H16FN3O2S. The summed E-state index contributed by atoms with van der Waals surface area (Å²) < 4.78 is 19.3. The van der Waals surface area contributed by atoms with Crippen molar-refractivity contribution >= 4 is 28.7 Å². The first-order chi connectivity index (χ1) is 10.7. The van der Waals surface area contributed by atoms with Crippen LogP contribution < -0.4 is 0 Å². The van der Waals surface area contributed by atoms with Crippen LogP contribution in [0, 0.1) is 5.82 Å². The number of H-pyrrole nitrogens is 1. The lowest BCUT2D eigenvalue weighted by Gasteiger charge is -2.43. The summed E-state index contributed by atoms with van der Waals surface area (Å²) in [6.07, 6.45) is 2.33. The topological polar surface area (TPSA) is 58.2 Å². The van der Waals surface area contributed by atoms with Gasteiger partial charge in [-0.25, -0.2) is 9.37 Å². The number of thioether (sulfide) groups is 1. The van der Waals surface area contributed by atoms with Crippen LogP contribution in [0.2, 0.25) is 0 Å². The molecule has 4 rings (SSSR count). The summed E-state index contributed by atoms with van der Waals surface area (Å²) in [4.78, 5) is 21.9. The van der Waals surface area contributed by atoms with Crippen LogP contribution in [0.15, 0.2) is 18.5 Å². The summed E-state index contributed by atoms with van der Waals surface area (Å²) in [5, 5.41) is 0.315. The Bertz CT molecular complexity index is 718. The summed E-state index contributed by atoms with van der Waals surface area (Å²) in [6, 6.07) is 2.82. The molecule has 5 nitrogen and oxygen atoms in total. The Morgan fingerprint density at radius 3 is 3.32 bits per heavy atom. The highest BCUT2D eigenvalue weighted by molar-refractivity contribution is 8.00. The molecule has 1 amide bonds. The molecule has 1 N–H and O–H groups in total. The number of halogens is 1. The van der Waals surface area contributed by atoms with Gasteiger partial charge in [-0.3, -0.25) is 4.79 Å². The zero-order valence-electron chi connectivity index (χ0n) is 11.9. The van der Waals surface area contributed by atoms with Crippen LogP contribution in [0.3, 0.4) is 0 Å². The SMILES string of the molecule is O=C(c1cc(F)cc2[nH]cnc12)N1CCS[C@@H]2COCC[C@H]21. The number of hydrogen-bond acceptors (Lipinski definition) is 4. The molecule has 3 heterocycles. The van der Waals surface area contributed by atoms with Crippen LogP contribution in [0.5, 0.6) is 0 Å². The van der Waals surface area contributed by atoms with Gasteiger partial charge in [0.15, 0.2) is 0 Å². The molecule has 0 bridgehead atoms. The van der Waals surface area contributed by atoms with Gasteiger partial charge in [-0.2, -0.15) is 11.8 Å². The van der Waals surface area contributed by atoms with Crippen LogP contribution >= 0.6 is 11.8 Å². The molecule has 0 spiro atoms. The lowest BCUT2D eigenvalue weighted by atomic mass is 10.0. The quantitative estimate of drug-likeness (QED) is 0.873. The number of aromatic nitrogens is 2. The number of nitrogens with one attached hydrogen (secondary N) is 1. The first-order valence-corrected chi connectivity index (χ1v) is 8.42. The Morgan fingerprint density at radius 2 is 2.41 bits per heavy atom. The van der Waals surface area contributed by atoms with Crippen LogP contribution in [0.1, 0.15) is 16.8 Å². The summed E-state index contributed by atoms with van der Waals surface area (Å²) in [7, 11) is 0. The van der Waals surface area contributed by atoms with Gasteiger partial charge in [0.25, 0.3) is 5.91 Å². The summed E-state index contributed by atoms with van der Waals surface area (Å²) in [5.41, 5.74) is 1.43. The molecule has 1 aromatic carbocycles. The zero-order valence-corrected chi connectivity index (χ0v) is 12.7. The van der Waals surface area contributed by atoms with Crippen molar-refractivity contribution in [2.75, 3.05) is 25.5 Å². The standard InChI is InChI=1S/C15H16FN3O2S/c16-9-5-10(14-11(6-9)17-8-18-14)15(20)19-2-4-22-13-7-21-3-1-12(13)19/h5-6,8,12-13H,1-4,7H2,(H,17,18)/t12-,13-/m1/s1. The second kappa shape index (κ2) is 5.55. The maximum absolute atomic E-state index is 13.8. The zero-order chi connectivity index (χ0) is 15.1. The van der Waals surface area contributed by atoms with E-state index in [4.69, 9.17) is 4.74 Å². The van der Waals surface area contributed by atoms with E-state index >= 15 is 0 Å². The number of ether oxygens (including phenoxy) is 1. The molecule has 0 radical (unpaired) electrons. The van der Waals surface area contributed by atoms with Crippen molar-refractivity contribution in [3.63, 3.8) is 0 Å². The van der Waals surface area contributed by atoms with Gasteiger partial charge < -0.3 is 14.6 Å². The van der Waals surface area contributed by atoms with Crippen LogP contribution in [0.25, 0.3) is 11.0 Å². The van der Waals surface area contributed by atoms with Crippen molar-refractivity contribution in [1.29, 1.82) is 0 Å². The molecule has 7 heteroatoms. The minimum Gasteiger partial charge on any atom is -0.380 e. The van der Waals surface area contributed by atoms with Crippen molar-refractivity contribution < 1.29 is 13.9 Å². The van der Waals surface area contributed by atoms with E-state index in [-0.39, 0.29) is 11.9 Å². The van der Waals surface area contributed by atoms with Gasteiger partial charge in [0.1, 0.15) is 11.3 Å². The van der Waals surface area contributed by atoms with E-state index in [9.17, 15) is 9.18 Å². The molecular weight excluding hydrogens is 305 g/mol. The van der Waals surface area contributed by atoms with E-state index in [1.165, 1.54) is 18.5 Å².